The number of rotatable bonds is 7. The molecule has 0 saturated carbocycles. The molecule has 0 heterocycles. The molecule has 0 bridgehead atoms. The van der Waals surface area contributed by atoms with E-state index in [-0.39, 0.29) is 6.04 Å². The summed E-state index contributed by atoms with van der Waals surface area (Å²) in [6.45, 7) is 6.70. The fraction of sp³-hybridized carbons (Fsp3) is 0.625. The average Bonchev–Trinajstić information content (AvgIpc) is 2.31. The van der Waals surface area contributed by atoms with Crippen LogP contribution >= 0.6 is 11.6 Å². The molecule has 102 valence electrons. The predicted molar refractivity (Wildman–Crippen MR) is 81.1 cm³/mol. The highest BCUT2D eigenvalue weighted by Crippen LogP contribution is 2.28. The van der Waals surface area contributed by atoms with Crippen LogP contribution in [0.25, 0.3) is 0 Å². The van der Waals surface area contributed by atoms with Gasteiger partial charge in [0.25, 0.3) is 0 Å². The van der Waals surface area contributed by atoms with Gasteiger partial charge in [0, 0.05) is 11.1 Å². The average molecular weight is 268 g/mol. The van der Waals surface area contributed by atoms with Crippen LogP contribution in [-0.4, -0.2) is 6.04 Å². The van der Waals surface area contributed by atoms with Crippen molar-refractivity contribution in [2.75, 3.05) is 0 Å². The first-order chi connectivity index (χ1) is 8.54. The third kappa shape index (κ3) is 4.99. The van der Waals surface area contributed by atoms with Gasteiger partial charge >= 0.3 is 0 Å². The first kappa shape index (κ1) is 15.5. The highest BCUT2D eigenvalue weighted by molar-refractivity contribution is 6.30. The van der Waals surface area contributed by atoms with Gasteiger partial charge in [-0.3, -0.25) is 0 Å². The van der Waals surface area contributed by atoms with Crippen LogP contribution < -0.4 is 5.73 Å². The Morgan fingerprint density at radius 3 is 2.28 bits per heavy atom. The zero-order valence-corrected chi connectivity index (χ0v) is 12.6. The van der Waals surface area contributed by atoms with Gasteiger partial charge in [-0.2, -0.15) is 0 Å². The van der Waals surface area contributed by atoms with E-state index in [2.05, 4.69) is 32.9 Å². The first-order valence-electron chi connectivity index (χ1n) is 7.05. The lowest BCUT2D eigenvalue weighted by molar-refractivity contribution is 0.409. The normalized spacial score (nSPS) is 14.8. The summed E-state index contributed by atoms with van der Waals surface area (Å²) in [6, 6.07) is 8.44. The molecule has 0 saturated heterocycles. The molecule has 0 fully saturated rings. The fourth-order valence-corrected chi connectivity index (χ4v) is 2.60. The molecule has 0 spiro atoms. The number of nitrogens with two attached hydrogens (primary N) is 1. The van der Waals surface area contributed by atoms with E-state index in [0.717, 1.165) is 11.4 Å². The van der Waals surface area contributed by atoms with Crippen molar-refractivity contribution in [2.24, 2.45) is 11.7 Å². The van der Waals surface area contributed by atoms with Crippen LogP contribution in [0.2, 0.25) is 5.02 Å². The van der Waals surface area contributed by atoms with E-state index >= 15 is 0 Å². The monoisotopic (exact) mass is 267 g/mol. The van der Waals surface area contributed by atoms with Gasteiger partial charge in [0.05, 0.1) is 0 Å². The molecule has 2 N–H and O–H groups in total. The predicted octanol–water partition coefficient (Wildman–Crippen LogP) is 4.99. The van der Waals surface area contributed by atoms with E-state index in [4.69, 9.17) is 17.3 Å². The van der Waals surface area contributed by atoms with Crippen molar-refractivity contribution >= 4 is 11.6 Å². The van der Waals surface area contributed by atoms with Gasteiger partial charge in [-0.1, -0.05) is 57.3 Å². The molecule has 0 aliphatic rings. The Morgan fingerprint density at radius 2 is 1.78 bits per heavy atom. The number of unbranched alkanes of at least 4 members (excludes halogenated alkanes) is 1. The minimum absolute atomic E-state index is 0.248. The molecule has 2 atom stereocenters. The summed E-state index contributed by atoms with van der Waals surface area (Å²) in [4.78, 5) is 0. The van der Waals surface area contributed by atoms with Crippen LogP contribution in [0.15, 0.2) is 24.3 Å². The Kier molecular flexibility index (Phi) is 6.73. The lowest BCUT2D eigenvalue weighted by Gasteiger charge is -2.26. The zero-order valence-electron chi connectivity index (χ0n) is 11.8. The number of benzene rings is 1. The maximum atomic E-state index is 6.40. The van der Waals surface area contributed by atoms with Crippen molar-refractivity contribution < 1.29 is 0 Å². The first-order valence-corrected chi connectivity index (χ1v) is 7.43. The molecule has 0 radical (unpaired) electrons. The number of hydrogen-bond acceptors (Lipinski definition) is 1. The molecular weight excluding hydrogens is 242 g/mol. The van der Waals surface area contributed by atoms with Crippen molar-refractivity contribution in [3.63, 3.8) is 0 Å². The summed E-state index contributed by atoms with van der Waals surface area (Å²) in [7, 11) is 0. The zero-order chi connectivity index (χ0) is 13.5. The third-order valence-corrected chi connectivity index (χ3v) is 3.68. The molecule has 0 aliphatic heterocycles. The molecule has 0 aromatic heterocycles. The van der Waals surface area contributed by atoms with Crippen LogP contribution in [0.5, 0.6) is 0 Å². The summed E-state index contributed by atoms with van der Waals surface area (Å²) >= 11 is 5.95. The maximum absolute atomic E-state index is 6.40. The van der Waals surface area contributed by atoms with Gasteiger partial charge < -0.3 is 5.73 Å². The Labute approximate surface area is 117 Å². The highest BCUT2D eigenvalue weighted by atomic mass is 35.5. The number of halogens is 1. The van der Waals surface area contributed by atoms with Gasteiger partial charge in [-0.05, 0) is 42.4 Å². The summed E-state index contributed by atoms with van der Waals surface area (Å²) in [5.41, 5.74) is 7.73. The lowest BCUT2D eigenvalue weighted by Crippen LogP contribution is -2.30. The lowest BCUT2D eigenvalue weighted by atomic mass is 9.84. The minimum Gasteiger partial charge on any atom is -0.327 e. The maximum Gasteiger partial charge on any atom is 0.0406 e. The van der Waals surface area contributed by atoms with Crippen molar-refractivity contribution in [2.45, 2.75) is 58.4 Å². The van der Waals surface area contributed by atoms with E-state index < -0.39 is 0 Å². The quantitative estimate of drug-likeness (QED) is 0.740. The Morgan fingerprint density at radius 1 is 1.17 bits per heavy atom. The van der Waals surface area contributed by atoms with Gasteiger partial charge in [0.1, 0.15) is 0 Å². The Bertz CT molecular complexity index is 331. The van der Waals surface area contributed by atoms with Crippen LogP contribution in [0.3, 0.4) is 0 Å². The second kappa shape index (κ2) is 7.81. The molecule has 1 rings (SSSR count). The summed E-state index contributed by atoms with van der Waals surface area (Å²) < 4.78 is 0. The van der Waals surface area contributed by atoms with Crippen molar-refractivity contribution in [3.05, 3.63) is 34.9 Å². The molecule has 18 heavy (non-hydrogen) atoms. The van der Waals surface area contributed by atoms with E-state index in [0.29, 0.717) is 11.8 Å². The largest absolute Gasteiger partial charge is 0.327 e. The molecule has 2 heteroatoms. The second-order valence-corrected chi connectivity index (χ2v) is 6.03. The third-order valence-electron chi connectivity index (χ3n) is 3.43. The molecule has 1 aromatic carbocycles. The van der Waals surface area contributed by atoms with Crippen LogP contribution in [-0.2, 0) is 0 Å². The molecule has 2 unspecified atom stereocenters. The van der Waals surface area contributed by atoms with Crippen LogP contribution in [0.1, 0.15) is 57.9 Å². The summed E-state index contributed by atoms with van der Waals surface area (Å²) in [6.07, 6.45) is 4.71. The van der Waals surface area contributed by atoms with E-state index in [1.54, 1.807) is 0 Å². The minimum atomic E-state index is 0.248. The van der Waals surface area contributed by atoms with Gasteiger partial charge in [0.2, 0.25) is 0 Å². The van der Waals surface area contributed by atoms with Crippen molar-refractivity contribution in [1.29, 1.82) is 0 Å². The smallest absolute Gasteiger partial charge is 0.0406 e. The fourth-order valence-electron chi connectivity index (χ4n) is 2.47. The van der Waals surface area contributed by atoms with Crippen LogP contribution in [0.4, 0.5) is 0 Å². The van der Waals surface area contributed by atoms with E-state index in [9.17, 15) is 0 Å². The topological polar surface area (TPSA) is 26.0 Å². The van der Waals surface area contributed by atoms with Gasteiger partial charge in [-0.15, -0.1) is 0 Å². The van der Waals surface area contributed by atoms with Gasteiger partial charge in [0.15, 0.2) is 0 Å². The highest BCUT2D eigenvalue weighted by Gasteiger charge is 2.20. The number of hydrogen-bond donors (Lipinski definition) is 1. The molecule has 1 nitrogen and oxygen atoms in total. The Balaban J connectivity index is 2.79. The Hall–Kier alpha value is -0.530. The SMILES string of the molecule is CCCCC(c1ccc(Cl)cc1)C(N)CC(C)C. The molecular formula is C16H26ClN. The molecule has 0 aliphatic carbocycles. The molecule has 1 aromatic rings. The van der Waals surface area contributed by atoms with E-state index in [1.807, 2.05) is 12.1 Å². The summed E-state index contributed by atoms with van der Waals surface area (Å²) in [5, 5.41) is 0.797. The van der Waals surface area contributed by atoms with E-state index in [1.165, 1.54) is 24.8 Å². The van der Waals surface area contributed by atoms with Crippen molar-refractivity contribution in [1.82, 2.24) is 0 Å². The summed E-state index contributed by atoms with van der Waals surface area (Å²) in [5.74, 6) is 1.11. The molecule has 0 amide bonds. The second-order valence-electron chi connectivity index (χ2n) is 5.59. The van der Waals surface area contributed by atoms with Crippen molar-refractivity contribution in [3.8, 4) is 0 Å². The standard InChI is InChI=1S/C16H26ClN/c1-4-5-6-15(16(18)11-12(2)3)13-7-9-14(17)10-8-13/h7-10,12,15-16H,4-6,11,18H2,1-3H3. The van der Waals surface area contributed by atoms with Gasteiger partial charge in [-0.25, -0.2) is 0 Å². The van der Waals surface area contributed by atoms with Crippen LogP contribution in [0, 0.1) is 5.92 Å².